The van der Waals surface area contributed by atoms with E-state index in [9.17, 15) is 22.8 Å². The minimum absolute atomic E-state index is 0.0155. The van der Waals surface area contributed by atoms with E-state index in [1.54, 1.807) is 24.3 Å². The van der Waals surface area contributed by atoms with Crippen LogP contribution in [-0.4, -0.2) is 59.5 Å². The van der Waals surface area contributed by atoms with E-state index < -0.39 is 18.7 Å². The molecule has 3 N–H and O–H groups in total. The molecule has 13 heteroatoms. The van der Waals surface area contributed by atoms with Crippen LogP contribution in [0.1, 0.15) is 46.5 Å². The van der Waals surface area contributed by atoms with Crippen LogP contribution in [0.15, 0.2) is 36.7 Å². The normalized spacial score (nSPS) is 19.8. The number of nitrogens with zero attached hydrogens (tertiary/aromatic N) is 2. The van der Waals surface area contributed by atoms with Crippen LogP contribution in [0.3, 0.4) is 0 Å². The second-order valence-electron chi connectivity index (χ2n) is 9.78. The Kier molecular flexibility index (Phi) is 8.17. The topological polar surface area (TPSA) is 114 Å². The Bertz CT molecular complexity index is 1310. The molecule has 9 nitrogen and oxygen atoms in total. The lowest BCUT2D eigenvalue weighted by atomic mass is 9.91. The molecule has 1 saturated heterocycles. The summed E-state index contributed by atoms with van der Waals surface area (Å²) in [6.07, 6.45) is -1.37. The quantitative estimate of drug-likeness (QED) is 0.368. The Morgan fingerprint density at radius 1 is 1.05 bits per heavy atom. The molecular weight excluding hydrogens is 535 g/mol. The number of ether oxygens (including phenoxy) is 2. The van der Waals surface area contributed by atoms with E-state index >= 15 is 0 Å². The molecule has 1 aromatic carbocycles. The summed E-state index contributed by atoms with van der Waals surface area (Å²) in [5.41, 5.74) is 1.28. The van der Waals surface area contributed by atoms with Crippen LogP contribution in [0.2, 0.25) is 0 Å². The van der Waals surface area contributed by atoms with Crippen molar-refractivity contribution in [3.8, 4) is 0 Å². The molecule has 1 aliphatic heterocycles. The number of hydrogen-bond donors (Lipinski definition) is 3. The standard InChI is InChI=1S/C26H28F3N5O4S/c27-26(28,29)10-20-9-21-22(30-14-31-24(21)39-20)32-17-2-1-3-18(8-17)34-25(36)38-11-15-4-6-16(7-5-15)23(35)33-19-12-37-13-19/h4-7,9,14,17-19H,1-3,8,10-13H2,(H,33,35)(H,34,36)(H,30,31,32)/t17-,18+/m1/s1. The highest BCUT2D eigenvalue weighted by molar-refractivity contribution is 7.18. The SMILES string of the molecule is O=C(N[C@H]1CCC[C@@H](Nc2ncnc3sc(CC(F)(F)F)cc23)C1)OCc1ccc(C(=O)NC2COC2)cc1. The van der Waals surface area contributed by atoms with E-state index in [-0.39, 0.29) is 35.5 Å². The highest BCUT2D eigenvalue weighted by atomic mass is 32.1. The van der Waals surface area contributed by atoms with Crippen molar-refractivity contribution < 1.29 is 32.2 Å². The van der Waals surface area contributed by atoms with Crippen molar-refractivity contribution in [3.63, 3.8) is 0 Å². The van der Waals surface area contributed by atoms with Crippen molar-refractivity contribution in [2.24, 2.45) is 0 Å². The lowest BCUT2D eigenvalue weighted by molar-refractivity contribution is -0.126. The van der Waals surface area contributed by atoms with Crippen LogP contribution in [0.25, 0.3) is 10.2 Å². The zero-order valence-corrected chi connectivity index (χ0v) is 21.7. The van der Waals surface area contributed by atoms with E-state index in [0.717, 1.165) is 36.2 Å². The fourth-order valence-corrected chi connectivity index (χ4v) is 5.67. The molecule has 0 spiro atoms. The summed E-state index contributed by atoms with van der Waals surface area (Å²) >= 11 is 1.01. The van der Waals surface area contributed by atoms with Crippen molar-refractivity contribution in [1.82, 2.24) is 20.6 Å². The molecule has 5 rings (SSSR count). The molecular formula is C26H28F3N5O4S. The average Bonchev–Trinajstić information content (AvgIpc) is 3.27. The van der Waals surface area contributed by atoms with Gasteiger partial charge in [0, 0.05) is 22.5 Å². The monoisotopic (exact) mass is 563 g/mol. The molecule has 208 valence electrons. The Morgan fingerprint density at radius 2 is 1.82 bits per heavy atom. The van der Waals surface area contributed by atoms with Gasteiger partial charge in [-0.2, -0.15) is 13.2 Å². The summed E-state index contributed by atoms with van der Waals surface area (Å²) in [6, 6.07) is 8.27. The van der Waals surface area contributed by atoms with Crippen molar-refractivity contribution in [1.29, 1.82) is 0 Å². The number of fused-ring (bicyclic) bond motifs is 1. The molecule has 0 bridgehead atoms. The van der Waals surface area contributed by atoms with Crippen LogP contribution in [0.4, 0.5) is 23.8 Å². The van der Waals surface area contributed by atoms with E-state index in [2.05, 4.69) is 25.9 Å². The maximum absolute atomic E-state index is 12.8. The average molecular weight is 564 g/mol. The van der Waals surface area contributed by atoms with Gasteiger partial charge < -0.3 is 25.4 Å². The molecule has 2 atom stereocenters. The first-order chi connectivity index (χ1) is 18.7. The molecule has 0 unspecified atom stereocenters. The molecule has 3 heterocycles. The van der Waals surface area contributed by atoms with E-state index in [4.69, 9.17) is 9.47 Å². The molecule has 39 heavy (non-hydrogen) atoms. The fraction of sp³-hybridized carbons (Fsp3) is 0.462. The summed E-state index contributed by atoms with van der Waals surface area (Å²) in [7, 11) is 0. The number of alkyl carbamates (subject to hydrolysis) is 1. The van der Waals surface area contributed by atoms with Crippen LogP contribution in [0.5, 0.6) is 0 Å². The van der Waals surface area contributed by atoms with E-state index in [1.165, 1.54) is 12.4 Å². The maximum atomic E-state index is 12.8. The lowest BCUT2D eigenvalue weighted by Crippen LogP contribution is -2.48. The number of nitrogens with one attached hydrogen (secondary N) is 3. The molecule has 2 aliphatic rings. The Hall–Kier alpha value is -3.45. The summed E-state index contributed by atoms with van der Waals surface area (Å²) in [5.74, 6) is 0.327. The number of amides is 2. The molecule has 1 saturated carbocycles. The van der Waals surface area contributed by atoms with Gasteiger partial charge in [0.2, 0.25) is 0 Å². The summed E-state index contributed by atoms with van der Waals surface area (Å²) in [6.45, 7) is 1.11. The number of hydrogen-bond acceptors (Lipinski definition) is 8. The summed E-state index contributed by atoms with van der Waals surface area (Å²) < 4.78 is 48.9. The van der Waals surface area contributed by atoms with Crippen LogP contribution in [0, 0.1) is 0 Å². The molecule has 3 aromatic rings. The van der Waals surface area contributed by atoms with Crippen molar-refractivity contribution in [2.75, 3.05) is 18.5 Å². The first kappa shape index (κ1) is 27.1. The molecule has 0 radical (unpaired) electrons. The number of carbonyl (C=O) groups excluding carboxylic acids is 2. The van der Waals surface area contributed by atoms with E-state index in [1.807, 2.05) is 0 Å². The first-order valence-corrected chi connectivity index (χ1v) is 13.5. The van der Waals surface area contributed by atoms with Crippen LogP contribution < -0.4 is 16.0 Å². The smallest absolute Gasteiger partial charge is 0.407 e. The first-order valence-electron chi connectivity index (χ1n) is 12.7. The second kappa shape index (κ2) is 11.7. The minimum atomic E-state index is -4.29. The second-order valence-corrected chi connectivity index (χ2v) is 10.9. The number of aromatic nitrogens is 2. The lowest BCUT2D eigenvalue weighted by Gasteiger charge is -2.30. The number of thiophene rings is 1. The van der Waals surface area contributed by atoms with Gasteiger partial charge in [0.25, 0.3) is 5.91 Å². The van der Waals surface area contributed by atoms with Gasteiger partial charge in [-0.25, -0.2) is 14.8 Å². The third-order valence-electron chi connectivity index (χ3n) is 6.65. The highest BCUT2D eigenvalue weighted by Gasteiger charge is 2.30. The third-order valence-corrected chi connectivity index (χ3v) is 7.69. The number of anilines is 1. The number of carbonyl (C=O) groups is 2. The molecule has 2 amide bonds. The summed E-state index contributed by atoms with van der Waals surface area (Å²) in [4.78, 5) is 33.7. The molecule has 2 aromatic heterocycles. The van der Waals surface area contributed by atoms with Gasteiger partial charge in [0.15, 0.2) is 0 Å². The highest BCUT2D eigenvalue weighted by Crippen LogP contribution is 2.33. The van der Waals surface area contributed by atoms with Gasteiger partial charge in [0.1, 0.15) is 23.6 Å². The summed E-state index contributed by atoms with van der Waals surface area (Å²) in [5, 5.41) is 9.68. The van der Waals surface area contributed by atoms with Gasteiger partial charge in [0.05, 0.1) is 31.1 Å². The van der Waals surface area contributed by atoms with Crippen molar-refractivity contribution >= 4 is 39.4 Å². The van der Waals surface area contributed by atoms with Gasteiger partial charge in [-0.3, -0.25) is 4.79 Å². The van der Waals surface area contributed by atoms with Gasteiger partial charge in [-0.15, -0.1) is 11.3 Å². The van der Waals surface area contributed by atoms with E-state index in [0.29, 0.717) is 41.2 Å². The zero-order chi connectivity index (χ0) is 27.4. The van der Waals surface area contributed by atoms with Crippen molar-refractivity contribution in [3.05, 3.63) is 52.7 Å². The molecule has 1 aliphatic carbocycles. The minimum Gasteiger partial charge on any atom is -0.445 e. The predicted molar refractivity (Wildman–Crippen MR) is 139 cm³/mol. The van der Waals surface area contributed by atoms with Crippen LogP contribution in [-0.2, 0) is 22.5 Å². The van der Waals surface area contributed by atoms with Gasteiger partial charge in [-0.05, 0) is 49.4 Å². The van der Waals surface area contributed by atoms with Gasteiger partial charge in [-0.1, -0.05) is 12.1 Å². The Labute approximate surface area is 226 Å². The number of benzene rings is 1. The fourth-order valence-electron chi connectivity index (χ4n) is 4.65. The van der Waals surface area contributed by atoms with Crippen LogP contribution >= 0.6 is 11.3 Å². The number of halogens is 3. The third kappa shape index (κ3) is 7.35. The number of alkyl halides is 3. The Morgan fingerprint density at radius 3 is 2.54 bits per heavy atom. The van der Waals surface area contributed by atoms with Gasteiger partial charge >= 0.3 is 12.3 Å². The van der Waals surface area contributed by atoms with Crippen molar-refractivity contribution in [2.45, 2.75) is 63.0 Å². The zero-order valence-electron chi connectivity index (χ0n) is 20.9. The number of rotatable bonds is 8. The maximum Gasteiger partial charge on any atom is 0.407 e. The molecule has 2 fully saturated rings. The Balaban J connectivity index is 1.10. The predicted octanol–water partition coefficient (Wildman–Crippen LogP) is 4.57. The largest absolute Gasteiger partial charge is 0.445 e.